The Bertz CT molecular complexity index is 615. The highest BCUT2D eigenvalue weighted by Gasteiger charge is 2.16. The first-order valence-electron chi connectivity index (χ1n) is 6.79. The molecule has 0 aliphatic rings. The quantitative estimate of drug-likeness (QED) is 0.705. The largest absolute Gasteiger partial charge is 0.425 e. The third-order valence-electron chi connectivity index (χ3n) is 3.00. The third kappa shape index (κ3) is 5.01. The molecule has 0 radical (unpaired) electrons. The molecule has 1 atom stereocenters. The number of nitrogens with zero attached hydrogens (tertiary/aromatic N) is 2. The Hall–Kier alpha value is -2.12. The maximum atomic E-state index is 11.1. The van der Waals surface area contributed by atoms with Gasteiger partial charge in [-0.25, -0.2) is 4.79 Å². The number of halogens is 1. The third-order valence-corrected chi connectivity index (χ3v) is 3.25. The van der Waals surface area contributed by atoms with Gasteiger partial charge in [-0.1, -0.05) is 23.7 Å². The Kier molecular flexibility index (Phi) is 5.74. The highest BCUT2D eigenvalue weighted by molar-refractivity contribution is 6.30. The minimum absolute atomic E-state index is 0.0601. The number of primary amides is 1. The van der Waals surface area contributed by atoms with Crippen molar-refractivity contribution in [1.82, 2.24) is 15.5 Å². The molecule has 7 nitrogen and oxygen atoms in total. The molecule has 1 aromatic heterocycles. The number of aromatic nitrogens is 2. The second-order valence-corrected chi connectivity index (χ2v) is 5.24. The van der Waals surface area contributed by atoms with Crippen molar-refractivity contribution >= 4 is 17.6 Å². The molecular formula is C14H17ClN4O3. The standard InChI is InChI=1S/C14H17ClN4O3/c15-10-3-1-9(2-4-10)7-11(17-14(16)21)8-13-19-18-12(22-13)5-6-20/h1-4,11,20H,5-8H2,(H3,16,17,21). The van der Waals surface area contributed by atoms with Crippen molar-refractivity contribution in [2.24, 2.45) is 5.73 Å². The molecule has 1 aromatic carbocycles. The van der Waals surface area contributed by atoms with Gasteiger partial charge in [-0.15, -0.1) is 10.2 Å². The summed E-state index contributed by atoms with van der Waals surface area (Å²) in [7, 11) is 0. The van der Waals surface area contributed by atoms with Gasteiger partial charge in [-0.05, 0) is 24.1 Å². The average molecular weight is 325 g/mol. The predicted octanol–water partition coefficient (Wildman–Crippen LogP) is 1.08. The van der Waals surface area contributed by atoms with E-state index in [1.165, 1.54) is 0 Å². The fraction of sp³-hybridized carbons (Fsp3) is 0.357. The van der Waals surface area contributed by atoms with Crippen molar-refractivity contribution in [3.05, 3.63) is 46.6 Å². The van der Waals surface area contributed by atoms with Crippen molar-refractivity contribution in [2.45, 2.75) is 25.3 Å². The van der Waals surface area contributed by atoms with Gasteiger partial charge in [-0.3, -0.25) is 0 Å². The van der Waals surface area contributed by atoms with Gasteiger partial charge >= 0.3 is 6.03 Å². The number of rotatable bonds is 7. The lowest BCUT2D eigenvalue weighted by Crippen LogP contribution is -2.41. The first kappa shape index (κ1) is 16.3. The predicted molar refractivity (Wildman–Crippen MR) is 80.5 cm³/mol. The zero-order valence-electron chi connectivity index (χ0n) is 11.8. The van der Waals surface area contributed by atoms with Crippen molar-refractivity contribution in [3.63, 3.8) is 0 Å². The van der Waals surface area contributed by atoms with Crippen LogP contribution in [0.1, 0.15) is 17.3 Å². The van der Waals surface area contributed by atoms with Gasteiger partial charge in [0, 0.05) is 23.9 Å². The lowest BCUT2D eigenvalue weighted by atomic mass is 10.0. The van der Waals surface area contributed by atoms with Crippen LogP contribution in [0.2, 0.25) is 5.02 Å². The average Bonchev–Trinajstić information content (AvgIpc) is 2.88. The lowest BCUT2D eigenvalue weighted by Gasteiger charge is -2.15. The molecule has 1 heterocycles. The maximum Gasteiger partial charge on any atom is 0.312 e. The number of benzene rings is 1. The van der Waals surface area contributed by atoms with E-state index in [0.29, 0.717) is 36.1 Å². The Morgan fingerprint density at radius 1 is 1.27 bits per heavy atom. The van der Waals surface area contributed by atoms with Gasteiger partial charge < -0.3 is 20.6 Å². The summed E-state index contributed by atoms with van der Waals surface area (Å²) in [5, 5.41) is 19.9. The van der Waals surface area contributed by atoms with Crippen LogP contribution in [-0.4, -0.2) is 34.0 Å². The molecule has 4 N–H and O–H groups in total. The number of aliphatic hydroxyl groups is 1. The van der Waals surface area contributed by atoms with E-state index in [1.54, 1.807) is 12.1 Å². The smallest absolute Gasteiger partial charge is 0.312 e. The molecule has 118 valence electrons. The number of urea groups is 1. The van der Waals surface area contributed by atoms with Crippen molar-refractivity contribution in [3.8, 4) is 0 Å². The van der Waals surface area contributed by atoms with Crippen LogP contribution < -0.4 is 11.1 Å². The summed E-state index contributed by atoms with van der Waals surface area (Å²) in [4.78, 5) is 11.1. The molecule has 1 unspecified atom stereocenters. The first-order valence-corrected chi connectivity index (χ1v) is 7.17. The molecule has 0 aliphatic carbocycles. The fourth-order valence-electron chi connectivity index (χ4n) is 2.06. The van der Waals surface area contributed by atoms with Gasteiger partial charge in [0.25, 0.3) is 0 Å². The van der Waals surface area contributed by atoms with Crippen LogP contribution in [0, 0.1) is 0 Å². The SMILES string of the molecule is NC(=O)NC(Cc1ccc(Cl)cc1)Cc1nnc(CCO)o1. The van der Waals surface area contributed by atoms with E-state index in [1.807, 2.05) is 12.1 Å². The Labute approximate surface area is 132 Å². The summed E-state index contributed by atoms with van der Waals surface area (Å²) >= 11 is 5.85. The molecule has 2 rings (SSSR count). The highest BCUT2D eigenvalue weighted by Crippen LogP contribution is 2.13. The second-order valence-electron chi connectivity index (χ2n) is 4.80. The fourth-order valence-corrected chi connectivity index (χ4v) is 2.18. The van der Waals surface area contributed by atoms with Crippen LogP contribution in [-0.2, 0) is 19.3 Å². The van der Waals surface area contributed by atoms with Gasteiger partial charge in [0.05, 0.1) is 6.61 Å². The van der Waals surface area contributed by atoms with E-state index >= 15 is 0 Å². The number of hydrogen-bond acceptors (Lipinski definition) is 5. The lowest BCUT2D eigenvalue weighted by molar-refractivity contribution is 0.244. The van der Waals surface area contributed by atoms with Crippen LogP contribution in [0.3, 0.4) is 0 Å². The minimum Gasteiger partial charge on any atom is -0.425 e. The van der Waals surface area contributed by atoms with E-state index in [4.69, 9.17) is 26.9 Å². The molecule has 0 fully saturated rings. The normalized spacial score (nSPS) is 12.1. The van der Waals surface area contributed by atoms with E-state index in [0.717, 1.165) is 5.56 Å². The van der Waals surface area contributed by atoms with E-state index < -0.39 is 6.03 Å². The van der Waals surface area contributed by atoms with Crippen LogP contribution in [0.15, 0.2) is 28.7 Å². The number of nitrogens with two attached hydrogens (primary N) is 1. The topological polar surface area (TPSA) is 114 Å². The van der Waals surface area contributed by atoms with Crippen LogP contribution in [0.4, 0.5) is 4.79 Å². The molecule has 8 heteroatoms. The first-order chi connectivity index (χ1) is 10.6. The molecule has 22 heavy (non-hydrogen) atoms. The summed E-state index contributed by atoms with van der Waals surface area (Å²) in [6.07, 6.45) is 1.21. The summed E-state index contributed by atoms with van der Waals surface area (Å²) in [6.45, 7) is -0.0601. The van der Waals surface area contributed by atoms with Gasteiger partial charge in [0.15, 0.2) is 0 Å². The van der Waals surface area contributed by atoms with Crippen molar-refractivity contribution in [2.75, 3.05) is 6.61 Å². The van der Waals surface area contributed by atoms with Crippen LogP contribution in [0.5, 0.6) is 0 Å². The molecule has 0 saturated heterocycles. The molecule has 0 spiro atoms. The van der Waals surface area contributed by atoms with Gasteiger partial charge in [0.2, 0.25) is 11.8 Å². The second kappa shape index (κ2) is 7.77. The zero-order chi connectivity index (χ0) is 15.9. The van der Waals surface area contributed by atoms with Crippen molar-refractivity contribution < 1.29 is 14.3 Å². The number of amides is 2. The van der Waals surface area contributed by atoms with E-state index in [2.05, 4.69) is 15.5 Å². The van der Waals surface area contributed by atoms with E-state index in [-0.39, 0.29) is 12.6 Å². The van der Waals surface area contributed by atoms with Crippen LogP contribution >= 0.6 is 11.6 Å². The molecular weight excluding hydrogens is 308 g/mol. The molecule has 2 aromatic rings. The van der Waals surface area contributed by atoms with Crippen LogP contribution in [0.25, 0.3) is 0 Å². The highest BCUT2D eigenvalue weighted by atomic mass is 35.5. The summed E-state index contributed by atoms with van der Waals surface area (Å²) < 4.78 is 5.40. The van der Waals surface area contributed by atoms with Gasteiger partial charge in [-0.2, -0.15) is 0 Å². The molecule has 0 saturated carbocycles. The zero-order valence-corrected chi connectivity index (χ0v) is 12.6. The Morgan fingerprint density at radius 3 is 2.59 bits per heavy atom. The number of nitrogens with one attached hydrogen (secondary N) is 1. The van der Waals surface area contributed by atoms with E-state index in [9.17, 15) is 4.79 Å². The summed E-state index contributed by atoms with van der Waals surface area (Å²) in [5.41, 5.74) is 6.21. The molecule has 2 amide bonds. The Morgan fingerprint density at radius 2 is 1.95 bits per heavy atom. The maximum absolute atomic E-state index is 11.1. The van der Waals surface area contributed by atoms with Gasteiger partial charge in [0.1, 0.15) is 0 Å². The minimum atomic E-state index is -0.617. The monoisotopic (exact) mass is 324 g/mol. The molecule has 0 bridgehead atoms. The summed E-state index contributed by atoms with van der Waals surface area (Å²) in [5.74, 6) is 0.748. The number of carbonyl (C=O) groups excluding carboxylic acids is 1. The number of aliphatic hydroxyl groups excluding tert-OH is 1. The van der Waals surface area contributed by atoms with Crippen molar-refractivity contribution in [1.29, 1.82) is 0 Å². The number of carbonyl (C=O) groups is 1. The number of hydrogen-bond donors (Lipinski definition) is 3. The molecule has 0 aliphatic heterocycles. The summed E-state index contributed by atoms with van der Waals surface area (Å²) in [6, 6.07) is 6.43. The Balaban J connectivity index is 2.04.